The Morgan fingerprint density at radius 2 is 0.427 bits per heavy atom. The van der Waals surface area contributed by atoms with E-state index in [0.717, 1.165) is 11.1 Å². The van der Waals surface area contributed by atoms with Gasteiger partial charge in [-0.05, 0) is 73.8 Å². The van der Waals surface area contributed by atoms with Crippen molar-refractivity contribution >= 4 is 31.3 Å². The normalized spacial score (nSPS) is 17.5. The molecule has 16 nitrogen and oxygen atoms in total. The second kappa shape index (κ2) is 25.2. The van der Waals surface area contributed by atoms with Gasteiger partial charge in [-0.3, -0.25) is 0 Å². The Balaban J connectivity index is 0.890. The van der Waals surface area contributed by atoms with E-state index in [1.165, 1.54) is 0 Å². The molecular weight excluding hydrogens is 1460 g/mol. The van der Waals surface area contributed by atoms with E-state index in [0.29, 0.717) is 106 Å². The summed E-state index contributed by atoms with van der Waals surface area (Å²) in [6.07, 6.45) is 0. The summed E-state index contributed by atoms with van der Waals surface area (Å²) in [6.45, 7) is 0. The van der Waals surface area contributed by atoms with Crippen LogP contribution in [0.5, 0.6) is 69.0 Å². The third-order valence-electron chi connectivity index (χ3n) is 20.0. The Labute approximate surface area is 630 Å². The molecule has 530 valence electrons. The quantitative estimate of drug-likeness (QED) is 0.0740. The number of hydrogen-bond acceptors (Lipinski definition) is 16. The van der Waals surface area contributed by atoms with Gasteiger partial charge in [-0.2, -0.15) is 18.3 Å². The number of phosphoric acid groups is 4. The van der Waals surface area contributed by atoms with Crippen LogP contribution in [0.15, 0.2) is 328 Å². The van der Waals surface area contributed by atoms with Crippen molar-refractivity contribution in [2.75, 3.05) is 0 Å². The van der Waals surface area contributed by atoms with Crippen molar-refractivity contribution in [1.29, 1.82) is 0 Å². The van der Waals surface area contributed by atoms with Gasteiger partial charge in [0.1, 0.15) is 17.2 Å². The van der Waals surface area contributed by atoms with Crippen molar-refractivity contribution in [3.63, 3.8) is 0 Å². The first-order valence-corrected chi connectivity index (χ1v) is 41.1. The third-order valence-corrected chi connectivity index (χ3v) is 24.9. The van der Waals surface area contributed by atoms with Crippen molar-refractivity contribution in [3.05, 3.63) is 328 Å². The molecule has 3 atom stereocenters. The zero-order valence-corrected chi connectivity index (χ0v) is 61.1. The van der Waals surface area contributed by atoms with Crippen LogP contribution in [0.2, 0.25) is 0 Å². The average Bonchev–Trinajstić information content (AvgIpc) is 1.50. The highest BCUT2D eigenvalue weighted by atomic mass is 31.2. The number of benzene rings is 15. The fourth-order valence-electron chi connectivity index (χ4n) is 15.6. The zero-order chi connectivity index (χ0) is 73.5. The maximum absolute atomic E-state index is 18.8. The minimum absolute atomic E-state index is 0.0607. The van der Waals surface area contributed by atoms with E-state index < -0.39 is 31.3 Å². The number of rotatable bonds is 18. The molecule has 20 heteroatoms. The van der Waals surface area contributed by atoms with Crippen LogP contribution in [0.4, 0.5) is 0 Å². The molecule has 0 aliphatic carbocycles. The Morgan fingerprint density at radius 3 is 0.727 bits per heavy atom. The standard InChI is InChI=1S/C90H54O16P4/c91-107(95-68-52-30-28-50-64(68)78-71(57-36-14-3-15-37-57)75(61-44-22-7-23-45-61)82-88-85(78)101-108(92,98-82)104-88,96-69-53-31-29-51-65(69)79-72(58-38-16-4-17-39-58)76(62-46-24-8-25-47-62)83-89-86(79)102-109(93,99-83)105-89)97-81-67(54-66(55-32-10-1-11-33-55)70(56-34-12-2-13-35-56)74(81)60-42-20-6-21-43-60)80-73(59-40-18-5-19-41-59)77(63-48-26-9-27-49-63)84-90-87(80)103-110(94,100-84)106-90/h1-54H. The highest BCUT2D eigenvalue weighted by molar-refractivity contribution is 7.51. The summed E-state index contributed by atoms with van der Waals surface area (Å²) in [7, 11) is -18.8. The molecule has 3 unspecified atom stereocenters. The van der Waals surface area contributed by atoms with Crippen molar-refractivity contribution in [3.8, 4) is 203 Å². The second-order valence-corrected chi connectivity index (χ2v) is 32.3. The van der Waals surface area contributed by atoms with E-state index in [1.807, 2.05) is 279 Å². The molecule has 6 aliphatic heterocycles. The first kappa shape index (κ1) is 65.1. The predicted octanol–water partition coefficient (Wildman–Crippen LogP) is 26.2. The van der Waals surface area contributed by atoms with Gasteiger partial charge in [0.2, 0.25) is 17.2 Å². The summed E-state index contributed by atoms with van der Waals surface area (Å²) in [5.41, 5.74) is 13.0. The van der Waals surface area contributed by atoms with Crippen molar-refractivity contribution < 1.29 is 72.5 Å². The molecule has 0 spiro atoms. The van der Waals surface area contributed by atoms with E-state index in [2.05, 4.69) is 0 Å². The molecule has 15 aromatic rings. The van der Waals surface area contributed by atoms with Gasteiger partial charge < -0.3 is 54.3 Å². The minimum atomic E-state index is -5.70. The van der Waals surface area contributed by atoms with Crippen LogP contribution in [0.25, 0.3) is 134 Å². The Morgan fingerprint density at radius 1 is 0.200 bits per heavy atom. The Kier molecular flexibility index (Phi) is 14.9. The van der Waals surface area contributed by atoms with Gasteiger partial charge in [0, 0.05) is 77.9 Å². The molecule has 15 aromatic carbocycles. The summed E-state index contributed by atoms with van der Waals surface area (Å²) in [5.74, 6) is 0.915. The lowest BCUT2D eigenvalue weighted by Crippen LogP contribution is -2.12. The van der Waals surface area contributed by atoms with Crippen LogP contribution < -0.4 is 54.3 Å². The SMILES string of the molecule is O=P(Oc1ccccc1-c1c2c3c(c(-c4ccccc4)c1-c1ccccc1)OP(=O)(O3)O2)(Oc1ccccc1-c1c2c3c(c(-c4ccccc4)c1-c1ccccc1)OP(=O)(O3)O2)Oc1c(-c2c3c4c(c(-c5ccccc5)c2-c2ccccc2)OP(=O)(O4)O3)cc(-c2ccccc2)c(-c2ccccc2)c1-c1ccccc1. The number of fused-ring (bicyclic) bond motifs is 3. The van der Waals surface area contributed by atoms with Gasteiger partial charge in [0.15, 0.2) is 34.5 Å². The third kappa shape index (κ3) is 10.6. The molecule has 0 saturated carbocycles. The van der Waals surface area contributed by atoms with Crippen molar-refractivity contribution in [2.45, 2.75) is 0 Å². The van der Waals surface area contributed by atoms with Gasteiger partial charge in [-0.15, -0.1) is 0 Å². The number of phosphoric ester groups is 4. The van der Waals surface area contributed by atoms with Gasteiger partial charge in [-0.25, -0.2) is 0 Å². The summed E-state index contributed by atoms with van der Waals surface area (Å²) in [6, 6.07) is 103. The molecule has 6 bridgehead atoms. The van der Waals surface area contributed by atoms with E-state index in [4.69, 9.17) is 54.3 Å². The molecule has 0 N–H and O–H groups in total. The van der Waals surface area contributed by atoms with Gasteiger partial charge in [0.25, 0.3) is 0 Å². The highest BCUT2D eigenvalue weighted by Crippen LogP contribution is 2.79. The van der Waals surface area contributed by atoms with Gasteiger partial charge in [-0.1, -0.05) is 309 Å². The van der Waals surface area contributed by atoms with Crippen molar-refractivity contribution in [1.82, 2.24) is 0 Å². The average molecular weight is 1520 g/mol. The largest absolute Gasteiger partial charge is 0.647 e. The fourth-order valence-corrected chi connectivity index (χ4v) is 20.8. The van der Waals surface area contributed by atoms with E-state index in [1.54, 1.807) is 48.5 Å². The van der Waals surface area contributed by atoms with Crippen LogP contribution in [-0.4, -0.2) is 0 Å². The molecule has 21 rings (SSSR count). The Hall–Kier alpha value is -13.2. The van der Waals surface area contributed by atoms with E-state index >= 15 is 9.13 Å². The first-order chi connectivity index (χ1) is 53.9. The van der Waals surface area contributed by atoms with Crippen LogP contribution in [0.1, 0.15) is 0 Å². The zero-order valence-electron chi connectivity index (χ0n) is 57.5. The molecule has 6 heterocycles. The highest BCUT2D eigenvalue weighted by Gasteiger charge is 2.58. The molecule has 0 saturated heterocycles. The molecular formula is C90H54O16P4. The predicted molar refractivity (Wildman–Crippen MR) is 423 cm³/mol. The summed E-state index contributed by atoms with van der Waals surface area (Å²) in [4.78, 5) is 0. The second-order valence-electron chi connectivity index (χ2n) is 26.6. The lowest BCUT2D eigenvalue weighted by molar-refractivity contribution is 0.299. The number of hydrogen-bond donors (Lipinski definition) is 0. The summed E-state index contributed by atoms with van der Waals surface area (Å²) >= 11 is 0. The summed E-state index contributed by atoms with van der Waals surface area (Å²) in [5, 5.41) is 0. The maximum Gasteiger partial charge on any atom is 0.647 e. The number of para-hydroxylation sites is 2. The summed E-state index contributed by atoms with van der Waals surface area (Å²) < 4.78 is 143. The van der Waals surface area contributed by atoms with Crippen LogP contribution in [0.3, 0.4) is 0 Å². The fraction of sp³-hybridized carbons (Fsp3) is 0. The van der Waals surface area contributed by atoms with Crippen LogP contribution >= 0.6 is 31.3 Å². The van der Waals surface area contributed by atoms with Crippen LogP contribution in [-0.2, 0) is 18.3 Å². The minimum Gasteiger partial charge on any atom is -0.385 e. The lowest BCUT2D eigenvalue weighted by atomic mass is 9.80. The lowest BCUT2D eigenvalue weighted by Gasteiger charge is -2.29. The van der Waals surface area contributed by atoms with E-state index in [9.17, 15) is 9.13 Å². The molecule has 0 fully saturated rings. The van der Waals surface area contributed by atoms with Gasteiger partial charge in [0.05, 0.1) is 0 Å². The molecule has 0 radical (unpaired) electrons. The monoisotopic (exact) mass is 1510 g/mol. The van der Waals surface area contributed by atoms with Crippen LogP contribution in [0, 0.1) is 0 Å². The molecule has 6 aliphatic rings. The van der Waals surface area contributed by atoms with Gasteiger partial charge >= 0.3 is 31.3 Å². The Bertz CT molecular complexity index is 6300. The molecule has 110 heavy (non-hydrogen) atoms. The topological polar surface area (TPSA) is 179 Å². The molecule has 0 aromatic heterocycles. The molecule has 0 amide bonds. The van der Waals surface area contributed by atoms with E-state index in [-0.39, 0.29) is 85.7 Å². The maximum atomic E-state index is 18.8. The van der Waals surface area contributed by atoms with Crippen molar-refractivity contribution in [2.24, 2.45) is 0 Å². The first-order valence-electron chi connectivity index (χ1n) is 35.3. The smallest absolute Gasteiger partial charge is 0.385 e.